The number of hydrogen-bond acceptors (Lipinski definition) is 4. The number of rotatable bonds is 2. The number of piperidine rings is 1. The zero-order valence-corrected chi connectivity index (χ0v) is 10.7. The van der Waals surface area contributed by atoms with Crippen LogP contribution < -0.4 is 16.8 Å². The number of nitrogens with two attached hydrogens (primary N) is 2. The molecule has 1 aromatic rings. The molecule has 3 rings (SSSR count). The van der Waals surface area contributed by atoms with E-state index >= 15 is 0 Å². The van der Waals surface area contributed by atoms with Crippen molar-refractivity contribution in [1.29, 1.82) is 0 Å². The monoisotopic (exact) mass is 246 g/mol. The van der Waals surface area contributed by atoms with E-state index in [0.29, 0.717) is 17.4 Å². The fraction of sp³-hybridized carbons (Fsp3) is 0.571. The molecule has 0 aliphatic carbocycles. The van der Waals surface area contributed by atoms with Crippen LogP contribution in [0.3, 0.4) is 0 Å². The van der Waals surface area contributed by atoms with Crippen LogP contribution >= 0.6 is 0 Å². The number of nitrogens with zero attached hydrogens (tertiary/aromatic N) is 1. The van der Waals surface area contributed by atoms with E-state index in [2.05, 4.69) is 10.2 Å². The Kier molecular flexibility index (Phi) is 3.04. The van der Waals surface area contributed by atoms with Crippen molar-refractivity contribution in [1.82, 2.24) is 4.90 Å². The summed E-state index contributed by atoms with van der Waals surface area (Å²) < 4.78 is 0. The minimum absolute atomic E-state index is 0.576. The third-order valence-corrected chi connectivity index (χ3v) is 4.28. The SMILES string of the molecule is Nc1ccc(NC2CCN3CCCC3C2)cc1N. The summed E-state index contributed by atoms with van der Waals surface area (Å²) in [5.74, 6) is 0. The van der Waals surface area contributed by atoms with Gasteiger partial charge in [0.1, 0.15) is 0 Å². The first-order chi connectivity index (χ1) is 8.72. The van der Waals surface area contributed by atoms with E-state index in [-0.39, 0.29) is 0 Å². The number of hydrogen-bond donors (Lipinski definition) is 3. The maximum Gasteiger partial charge on any atom is 0.0568 e. The van der Waals surface area contributed by atoms with Crippen LogP contribution in [0.1, 0.15) is 25.7 Å². The predicted octanol–water partition coefficient (Wildman–Crippen LogP) is 1.89. The van der Waals surface area contributed by atoms with Crippen molar-refractivity contribution in [3.05, 3.63) is 18.2 Å². The number of nitrogens with one attached hydrogen (secondary N) is 1. The standard InChI is InChI=1S/C14H22N4/c15-13-4-3-10(9-14(13)16)17-11-5-7-18-6-1-2-12(18)8-11/h3-4,9,11-12,17H,1-2,5-8,15-16H2. The van der Waals surface area contributed by atoms with Crippen molar-refractivity contribution in [2.75, 3.05) is 29.9 Å². The average Bonchev–Trinajstić information content (AvgIpc) is 2.81. The van der Waals surface area contributed by atoms with Gasteiger partial charge in [0.2, 0.25) is 0 Å². The van der Waals surface area contributed by atoms with Crippen LogP contribution in [-0.4, -0.2) is 30.1 Å². The van der Waals surface area contributed by atoms with Gasteiger partial charge in [-0.1, -0.05) is 0 Å². The highest BCUT2D eigenvalue weighted by molar-refractivity contribution is 5.69. The fourth-order valence-electron chi connectivity index (χ4n) is 3.26. The molecule has 0 bridgehead atoms. The van der Waals surface area contributed by atoms with Crippen molar-refractivity contribution < 1.29 is 0 Å². The molecule has 0 radical (unpaired) electrons. The number of benzene rings is 1. The summed E-state index contributed by atoms with van der Waals surface area (Å²) in [6.45, 7) is 2.53. The van der Waals surface area contributed by atoms with Gasteiger partial charge >= 0.3 is 0 Å². The Bertz CT molecular complexity index is 432. The second kappa shape index (κ2) is 4.69. The van der Waals surface area contributed by atoms with Gasteiger partial charge in [0, 0.05) is 24.3 Å². The first kappa shape index (κ1) is 11.7. The molecule has 5 N–H and O–H groups in total. The molecule has 2 atom stereocenters. The molecule has 2 unspecified atom stereocenters. The van der Waals surface area contributed by atoms with E-state index in [4.69, 9.17) is 11.5 Å². The molecule has 2 heterocycles. The lowest BCUT2D eigenvalue weighted by molar-refractivity contribution is 0.188. The third kappa shape index (κ3) is 2.25. The second-order valence-corrected chi connectivity index (χ2v) is 5.54. The lowest BCUT2D eigenvalue weighted by atomic mass is 9.97. The zero-order valence-electron chi connectivity index (χ0n) is 10.7. The average molecular weight is 246 g/mol. The van der Waals surface area contributed by atoms with Crippen molar-refractivity contribution in [2.45, 2.75) is 37.8 Å². The number of anilines is 3. The van der Waals surface area contributed by atoms with Crippen LogP contribution in [0.25, 0.3) is 0 Å². The molecule has 0 saturated carbocycles. The summed E-state index contributed by atoms with van der Waals surface area (Å²) in [4.78, 5) is 2.63. The highest BCUT2D eigenvalue weighted by atomic mass is 15.2. The Balaban J connectivity index is 1.64. The number of nitrogen functional groups attached to an aromatic ring is 2. The molecule has 4 nitrogen and oxygen atoms in total. The molecule has 2 aliphatic heterocycles. The summed E-state index contributed by atoms with van der Waals surface area (Å²) in [6, 6.07) is 7.21. The van der Waals surface area contributed by atoms with Crippen molar-refractivity contribution in [3.8, 4) is 0 Å². The second-order valence-electron chi connectivity index (χ2n) is 5.54. The van der Waals surface area contributed by atoms with Gasteiger partial charge in [0.15, 0.2) is 0 Å². The summed E-state index contributed by atoms with van der Waals surface area (Å²) in [7, 11) is 0. The minimum Gasteiger partial charge on any atom is -0.397 e. The zero-order chi connectivity index (χ0) is 12.5. The molecule has 0 spiro atoms. The largest absolute Gasteiger partial charge is 0.397 e. The lowest BCUT2D eigenvalue weighted by Crippen LogP contribution is -2.42. The van der Waals surface area contributed by atoms with E-state index in [0.717, 1.165) is 11.7 Å². The summed E-state index contributed by atoms with van der Waals surface area (Å²) >= 11 is 0. The molecule has 2 fully saturated rings. The van der Waals surface area contributed by atoms with Crippen LogP contribution in [0.4, 0.5) is 17.1 Å². The predicted molar refractivity (Wildman–Crippen MR) is 76.5 cm³/mol. The molecular formula is C14H22N4. The summed E-state index contributed by atoms with van der Waals surface area (Å²) in [6.07, 6.45) is 5.21. The highest BCUT2D eigenvalue weighted by Gasteiger charge is 2.31. The molecule has 2 aliphatic rings. The van der Waals surface area contributed by atoms with Gasteiger partial charge < -0.3 is 21.7 Å². The molecule has 0 aromatic heterocycles. The Labute approximate surface area is 108 Å². The van der Waals surface area contributed by atoms with E-state index in [1.807, 2.05) is 18.2 Å². The van der Waals surface area contributed by atoms with Crippen LogP contribution in [0.15, 0.2) is 18.2 Å². The fourth-order valence-corrected chi connectivity index (χ4v) is 3.26. The molecular weight excluding hydrogens is 224 g/mol. The topological polar surface area (TPSA) is 67.3 Å². The third-order valence-electron chi connectivity index (χ3n) is 4.28. The Morgan fingerprint density at radius 1 is 1.11 bits per heavy atom. The van der Waals surface area contributed by atoms with Crippen molar-refractivity contribution in [2.24, 2.45) is 0 Å². The normalized spacial score (nSPS) is 28.0. The highest BCUT2D eigenvalue weighted by Crippen LogP contribution is 2.29. The van der Waals surface area contributed by atoms with Gasteiger partial charge in [-0.25, -0.2) is 0 Å². The van der Waals surface area contributed by atoms with Gasteiger partial charge in [0.05, 0.1) is 11.4 Å². The Morgan fingerprint density at radius 2 is 2.00 bits per heavy atom. The lowest BCUT2D eigenvalue weighted by Gasteiger charge is -2.35. The first-order valence-corrected chi connectivity index (χ1v) is 6.88. The molecule has 2 saturated heterocycles. The molecule has 1 aromatic carbocycles. The summed E-state index contributed by atoms with van der Waals surface area (Å²) in [5, 5.41) is 3.60. The van der Waals surface area contributed by atoms with E-state index in [1.54, 1.807) is 0 Å². The molecule has 18 heavy (non-hydrogen) atoms. The van der Waals surface area contributed by atoms with Gasteiger partial charge in [-0.2, -0.15) is 0 Å². The van der Waals surface area contributed by atoms with Gasteiger partial charge in [-0.3, -0.25) is 0 Å². The van der Waals surface area contributed by atoms with Crippen LogP contribution in [0.5, 0.6) is 0 Å². The minimum atomic E-state index is 0.576. The molecule has 0 amide bonds. The number of fused-ring (bicyclic) bond motifs is 1. The van der Waals surface area contributed by atoms with Crippen LogP contribution in [0.2, 0.25) is 0 Å². The molecule has 4 heteroatoms. The van der Waals surface area contributed by atoms with Gasteiger partial charge in [-0.05, 0) is 50.4 Å². The van der Waals surface area contributed by atoms with Crippen LogP contribution in [0, 0.1) is 0 Å². The van der Waals surface area contributed by atoms with E-state index in [9.17, 15) is 0 Å². The maximum absolute atomic E-state index is 5.84. The quantitative estimate of drug-likeness (QED) is 0.697. The Hall–Kier alpha value is -1.42. The van der Waals surface area contributed by atoms with E-state index < -0.39 is 0 Å². The van der Waals surface area contributed by atoms with E-state index in [1.165, 1.54) is 38.8 Å². The summed E-state index contributed by atoms with van der Waals surface area (Å²) in [5.41, 5.74) is 14.0. The smallest absolute Gasteiger partial charge is 0.0568 e. The maximum atomic E-state index is 5.84. The van der Waals surface area contributed by atoms with Gasteiger partial charge in [-0.15, -0.1) is 0 Å². The van der Waals surface area contributed by atoms with Crippen molar-refractivity contribution >= 4 is 17.1 Å². The Morgan fingerprint density at radius 3 is 2.83 bits per heavy atom. The van der Waals surface area contributed by atoms with Crippen molar-refractivity contribution in [3.63, 3.8) is 0 Å². The van der Waals surface area contributed by atoms with Crippen LogP contribution in [-0.2, 0) is 0 Å². The first-order valence-electron chi connectivity index (χ1n) is 6.88. The molecule has 98 valence electrons. The van der Waals surface area contributed by atoms with Gasteiger partial charge in [0.25, 0.3) is 0 Å².